The van der Waals surface area contributed by atoms with Gasteiger partial charge in [0.2, 0.25) is 0 Å². The molecule has 0 aliphatic carbocycles. The van der Waals surface area contributed by atoms with E-state index in [1.165, 1.54) is 18.9 Å². The van der Waals surface area contributed by atoms with Crippen LogP contribution in [0.1, 0.15) is 26.2 Å². The maximum atomic E-state index is 5.23. The van der Waals surface area contributed by atoms with Crippen molar-refractivity contribution >= 4 is 0 Å². The fraction of sp³-hybridized carbons (Fsp3) is 0.133. The first-order valence-corrected chi connectivity index (χ1v) is 10.4. The van der Waals surface area contributed by atoms with Gasteiger partial charge in [0.05, 0.1) is 0 Å². The van der Waals surface area contributed by atoms with Gasteiger partial charge < -0.3 is 0 Å². The quantitative estimate of drug-likeness (QED) is 0.192. The molecule has 0 aliphatic rings. The summed E-state index contributed by atoms with van der Waals surface area (Å²) in [7, 11) is 0. The van der Waals surface area contributed by atoms with Crippen LogP contribution in [0.5, 0.6) is 0 Å². The van der Waals surface area contributed by atoms with Crippen LogP contribution in [0.4, 0.5) is 0 Å². The van der Waals surface area contributed by atoms with Gasteiger partial charge in [-0.1, -0.05) is 178 Å². The predicted octanol–water partition coefficient (Wildman–Crippen LogP) is 8.84. The molecule has 0 aromatic heterocycles. The third-order valence-electron chi connectivity index (χ3n) is 3.42. The molecular formula is C30H35. The van der Waals surface area contributed by atoms with Gasteiger partial charge in [-0.2, -0.15) is 0 Å². The summed E-state index contributed by atoms with van der Waals surface area (Å²) in [5, 5.41) is 0. The summed E-state index contributed by atoms with van der Waals surface area (Å²) in [4.78, 5) is 0. The van der Waals surface area contributed by atoms with Gasteiger partial charge in [0.25, 0.3) is 0 Å². The number of rotatable bonds is 15. The van der Waals surface area contributed by atoms with Crippen molar-refractivity contribution in [3.63, 3.8) is 0 Å². The Kier molecular flexibility index (Phi) is 22.7. The highest BCUT2D eigenvalue weighted by molar-refractivity contribution is 5.23. The molecule has 0 rings (SSSR count). The highest BCUT2D eigenvalue weighted by atomic mass is 13.8. The summed E-state index contributed by atoms with van der Waals surface area (Å²) in [5.41, 5.74) is 0. The van der Waals surface area contributed by atoms with Crippen molar-refractivity contribution in [1.82, 2.24) is 0 Å². The average Bonchev–Trinajstić information content (AvgIpc) is 2.76. The minimum absolute atomic E-state index is 1.16. The Morgan fingerprint density at radius 2 is 0.667 bits per heavy atom. The Morgan fingerprint density at radius 3 is 0.933 bits per heavy atom. The van der Waals surface area contributed by atoms with E-state index in [0.717, 1.165) is 6.42 Å². The summed E-state index contributed by atoms with van der Waals surface area (Å²) in [6, 6.07) is 0. The number of allylic oxidation sites excluding steroid dienone is 25. The second-order valence-electron chi connectivity index (χ2n) is 6.00. The molecule has 155 valence electrons. The van der Waals surface area contributed by atoms with Crippen LogP contribution in [0.25, 0.3) is 0 Å². The average molecular weight is 396 g/mol. The molecule has 0 spiro atoms. The van der Waals surface area contributed by atoms with Gasteiger partial charge in [0.15, 0.2) is 0 Å². The monoisotopic (exact) mass is 395 g/mol. The van der Waals surface area contributed by atoms with Gasteiger partial charge >= 0.3 is 0 Å². The molecule has 0 saturated heterocycles. The molecule has 0 aliphatic heterocycles. The lowest BCUT2D eigenvalue weighted by molar-refractivity contribution is 0.815. The first-order valence-electron chi connectivity index (χ1n) is 10.4. The van der Waals surface area contributed by atoms with Gasteiger partial charge in [-0.05, 0) is 6.42 Å². The first kappa shape index (κ1) is 26.6. The largest absolute Gasteiger partial charge is 0.0845 e. The third kappa shape index (κ3) is 24.6. The van der Waals surface area contributed by atoms with Crippen LogP contribution in [-0.2, 0) is 0 Å². The summed E-state index contributed by atoms with van der Waals surface area (Å²) < 4.78 is 0. The molecule has 0 aromatic rings. The third-order valence-corrected chi connectivity index (χ3v) is 3.42. The Balaban J connectivity index is 3.92. The van der Waals surface area contributed by atoms with Crippen molar-refractivity contribution in [3.8, 4) is 0 Å². The predicted molar refractivity (Wildman–Crippen MR) is 138 cm³/mol. The van der Waals surface area contributed by atoms with Crippen LogP contribution in [-0.4, -0.2) is 0 Å². The summed E-state index contributed by atoms with van der Waals surface area (Å²) >= 11 is 0. The van der Waals surface area contributed by atoms with E-state index < -0.39 is 0 Å². The number of hydrogen-bond donors (Lipinski definition) is 0. The normalized spacial score (nSPS) is 14.4. The lowest BCUT2D eigenvalue weighted by Crippen LogP contribution is -1.64. The van der Waals surface area contributed by atoms with E-state index in [0.29, 0.717) is 0 Å². The van der Waals surface area contributed by atoms with Gasteiger partial charge in [0.1, 0.15) is 0 Å². The second kappa shape index (κ2) is 25.6. The summed E-state index contributed by atoms with van der Waals surface area (Å²) in [6.45, 7) is 7.44. The zero-order valence-electron chi connectivity index (χ0n) is 18.1. The smallest absolute Gasteiger partial charge is 0.0348 e. The van der Waals surface area contributed by atoms with E-state index in [1.54, 1.807) is 6.08 Å². The fourth-order valence-corrected chi connectivity index (χ4v) is 1.91. The van der Waals surface area contributed by atoms with E-state index in [1.807, 2.05) is 122 Å². The molecule has 0 nitrogen and oxygen atoms in total. The molecular weight excluding hydrogens is 360 g/mol. The molecule has 0 unspecified atom stereocenters. The van der Waals surface area contributed by atoms with Crippen molar-refractivity contribution in [2.24, 2.45) is 0 Å². The van der Waals surface area contributed by atoms with Crippen LogP contribution in [0.3, 0.4) is 0 Å². The lowest BCUT2D eigenvalue weighted by Gasteiger charge is -1.84. The van der Waals surface area contributed by atoms with Gasteiger partial charge in [-0.15, -0.1) is 0 Å². The molecule has 0 amide bonds. The highest BCUT2D eigenvalue weighted by Gasteiger charge is 1.74. The molecule has 0 N–H and O–H groups in total. The van der Waals surface area contributed by atoms with Crippen LogP contribution in [0, 0.1) is 6.58 Å². The van der Waals surface area contributed by atoms with Crippen molar-refractivity contribution in [2.75, 3.05) is 0 Å². The molecule has 30 heavy (non-hydrogen) atoms. The molecule has 0 heterocycles. The topological polar surface area (TPSA) is 0 Å². The van der Waals surface area contributed by atoms with Gasteiger partial charge in [0, 0.05) is 0 Å². The first-order chi connectivity index (χ1) is 14.9. The SMILES string of the molecule is [CH]=CC=CC=CC=CC=CC=CC=CC=CC=CC=CC=CC=CC=CCCCC. The second-order valence-corrected chi connectivity index (χ2v) is 6.00. The Hall–Kier alpha value is -3.38. The van der Waals surface area contributed by atoms with E-state index in [9.17, 15) is 0 Å². The van der Waals surface area contributed by atoms with E-state index in [2.05, 4.69) is 25.2 Å². The Labute approximate surface area is 184 Å². The molecule has 1 radical (unpaired) electrons. The summed E-state index contributed by atoms with van der Waals surface area (Å²) in [5.74, 6) is 0. The van der Waals surface area contributed by atoms with Crippen LogP contribution in [0.2, 0.25) is 0 Å². The lowest BCUT2D eigenvalue weighted by atomic mass is 10.2. The van der Waals surface area contributed by atoms with Crippen molar-refractivity contribution in [1.29, 1.82) is 0 Å². The highest BCUT2D eigenvalue weighted by Crippen LogP contribution is 1.95. The Bertz CT molecular complexity index is 748. The molecule has 0 saturated carbocycles. The van der Waals surface area contributed by atoms with Crippen LogP contribution >= 0.6 is 0 Å². The maximum Gasteiger partial charge on any atom is -0.0348 e. The number of hydrogen-bond acceptors (Lipinski definition) is 0. The van der Waals surface area contributed by atoms with E-state index >= 15 is 0 Å². The van der Waals surface area contributed by atoms with E-state index in [-0.39, 0.29) is 0 Å². The van der Waals surface area contributed by atoms with Crippen LogP contribution < -0.4 is 0 Å². The maximum absolute atomic E-state index is 5.23. The minimum atomic E-state index is 1.16. The fourth-order valence-electron chi connectivity index (χ4n) is 1.91. The molecule has 0 fully saturated rings. The minimum Gasteiger partial charge on any atom is -0.0845 e. The molecule has 0 aromatic carbocycles. The molecule has 0 atom stereocenters. The van der Waals surface area contributed by atoms with Gasteiger partial charge in [-0.3, -0.25) is 0 Å². The summed E-state index contributed by atoms with van der Waals surface area (Å²) in [6.07, 6.45) is 53.1. The van der Waals surface area contributed by atoms with Crippen LogP contribution in [0.15, 0.2) is 152 Å². The van der Waals surface area contributed by atoms with Gasteiger partial charge in [-0.25, -0.2) is 0 Å². The standard InChI is InChI=1S/C30H35/c1-3-5-7-9-11-13-15-17-19-21-23-25-27-29-30-28-26-24-22-20-18-16-14-12-10-8-6-4-2/h1,3,5,7,9-30H,4,6,8H2,2H3. The zero-order chi connectivity index (χ0) is 21.8. The van der Waals surface area contributed by atoms with Crippen molar-refractivity contribution in [3.05, 3.63) is 158 Å². The number of unbranched alkanes of at least 4 members (excludes halogenated alkanes) is 2. The van der Waals surface area contributed by atoms with Crippen molar-refractivity contribution in [2.45, 2.75) is 26.2 Å². The zero-order valence-corrected chi connectivity index (χ0v) is 18.1. The molecule has 0 bridgehead atoms. The van der Waals surface area contributed by atoms with Crippen molar-refractivity contribution < 1.29 is 0 Å². The Morgan fingerprint density at radius 1 is 0.400 bits per heavy atom. The molecule has 0 heteroatoms. The van der Waals surface area contributed by atoms with E-state index in [4.69, 9.17) is 6.58 Å².